The van der Waals surface area contributed by atoms with Crippen molar-refractivity contribution < 1.29 is 4.79 Å². The van der Waals surface area contributed by atoms with Crippen LogP contribution in [0.4, 0.5) is 0 Å². The maximum atomic E-state index is 13.3. The van der Waals surface area contributed by atoms with Crippen LogP contribution in [0.2, 0.25) is 0 Å². The Morgan fingerprint density at radius 3 is 2.59 bits per heavy atom. The number of benzene rings is 1. The monoisotopic (exact) mass is 447 g/mol. The van der Waals surface area contributed by atoms with E-state index < -0.39 is 0 Å². The van der Waals surface area contributed by atoms with Gasteiger partial charge in [-0.3, -0.25) is 19.1 Å². The predicted molar refractivity (Wildman–Crippen MR) is 129 cm³/mol. The number of aromatic nitrogens is 3. The first-order valence-corrected chi connectivity index (χ1v) is 11.8. The molecule has 0 aliphatic rings. The van der Waals surface area contributed by atoms with Crippen LogP contribution < -0.4 is 0 Å². The normalized spacial score (nSPS) is 11.4. The minimum atomic E-state index is -0.0364. The van der Waals surface area contributed by atoms with Crippen molar-refractivity contribution in [3.8, 4) is 0 Å². The van der Waals surface area contributed by atoms with Gasteiger partial charge in [0.25, 0.3) is 5.91 Å². The van der Waals surface area contributed by atoms with Gasteiger partial charge >= 0.3 is 0 Å². The summed E-state index contributed by atoms with van der Waals surface area (Å²) in [4.78, 5) is 27.3. The molecule has 0 fully saturated rings. The van der Waals surface area contributed by atoms with E-state index >= 15 is 0 Å². The molecule has 0 N–H and O–H groups in total. The molecular formula is C25H29N5OS. The zero-order valence-corrected chi connectivity index (χ0v) is 19.7. The molecule has 0 atom stereocenters. The molecule has 1 amide bonds. The van der Waals surface area contributed by atoms with E-state index in [1.807, 2.05) is 47.4 Å². The largest absolute Gasteiger partial charge is 0.340 e. The molecule has 0 aliphatic carbocycles. The van der Waals surface area contributed by atoms with Gasteiger partial charge in [0.15, 0.2) is 10.7 Å². The van der Waals surface area contributed by atoms with Crippen molar-refractivity contribution >= 4 is 22.2 Å². The molecule has 7 heteroatoms. The van der Waals surface area contributed by atoms with E-state index in [-0.39, 0.29) is 5.91 Å². The maximum absolute atomic E-state index is 13.3. The smallest absolute Gasteiger partial charge is 0.274 e. The summed E-state index contributed by atoms with van der Waals surface area (Å²) in [6.45, 7) is 4.10. The number of likely N-dealkylation sites (N-methyl/N-ethyl adjacent to an activating group) is 1. The number of thiazole rings is 1. The zero-order chi connectivity index (χ0) is 22.5. The molecule has 6 nitrogen and oxygen atoms in total. The van der Waals surface area contributed by atoms with E-state index in [1.54, 1.807) is 16.2 Å². The fourth-order valence-corrected chi connectivity index (χ4v) is 4.46. The standard InChI is InChI=1S/C25H29N5OS/c1-4-19-10-11-21(26-16-19)17-28(2)18-22-23(27-25-30(22)14-15-32-25)24(31)29(3)13-12-20-8-6-5-7-9-20/h5-11,14-16H,4,12-13,17-18H2,1-3H3. The molecule has 1 aromatic carbocycles. The number of rotatable bonds is 9. The quantitative estimate of drug-likeness (QED) is 0.384. The van der Waals surface area contributed by atoms with E-state index in [0.717, 1.165) is 29.2 Å². The fraction of sp³-hybridized carbons (Fsp3) is 0.320. The van der Waals surface area contributed by atoms with Gasteiger partial charge in [0, 0.05) is 44.5 Å². The third-order valence-corrected chi connectivity index (χ3v) is 6.39. The number of fused-ring (bicyclic) bond motifs is 1. The number of hydrogen-bond donors (Lipinski definition) is 0. The van der Waals surface area contributed by atoms with E-state index in [4.69, 9.17) is 0 Å². The maximum Gasteiger partial charge on any atom is 0.274 e. The molecule has 3 heterocycles. The lowest BCUT2D eigenvalue weighted by molar-refractivity contribution is 0.0789. The molecule has 0 aliphatic heterocycles. The summed E-state index contributed by atoms with van der Waals surface area (Å²) in [5.41, 5.74) is 4.93. The van der Waals surface area contributed by atoms with Crippen molar-refractivity contribution in [2.45, 2.75) is 32.9 Å². The highest BCUT2D eigenvalue weighted by molar-refractivity contribution is 7.15. The molecule has 0 saturated heterocycles. The highest BCUT2D eigenvalue weighted by Gasteiger charge is 2.23. The topological polar surface area (TPSA) is 53.7 Å². The van der Waals surface area contributed by atoms with Gasteiger partial charge in [-0.05, 0) is 37.1 Å². The molecule has 166 valence electrons. The van der Waals surface area contributed by atoms with Gasteiger partial charge < -0.3 is 4.90 Å². The fourth-order valence-electron chi connectivity index (χ4n) is 3.72. The van der Waals surface area contributed by atoms with Crippen LogP contribution in [0.3, 0.4) is 0 Å². The van der Waals surface area contributed by atoms with Crippen LogP contribution in [0, 0.1) is 0 Å². The van der Waals surface area contributed by atoms with Crippen LogP contribution in [-0.2, 0) is 25.9 Å². The molecule has 0 spiro atoms. The van der Waals surface area contributed by atoms with Crippen LogP contribution >= 0.6 is 11.3 Å². The summed E-state index contributed by atoms with van der Waals surface area (Å²) >= 11 is 1.55. The Kier molecular flexibility index (Phi) is 6.97. The van der Waals surface area contributed by atoms with E-state index in [9.17, 15) is 4.79 Å². The molecule has 32 heavy (non-hydrogen) atoms. The number of pyridine rings is 1. The summed E-state index contributed by atoms with van der Waals surface area (Å²) in [7, 11) is 3.90. The van der Waals surface area contributed by atoms with Gasteiger partial charge in [-0.25, -0.2) is 4.98 Å². The molecule has 0 unspecified atom stereocenters. The van der Waals surface area contributed by atoms with Crippen molar-refractivity contribution in [2.75, 3.05) is 20.6 Å². The van der Waals surface area contributed by atoms with Crippen LogP contribution in [-0.4, -0.2) is 50.7 Å². The number of nitrogens with zero attached hydrogens (tertiary/aromatic N) is 5. The van der Waals surface area contributed by atoms with E-state index in [1.165, 1.54) is 11.1 Å². The van der Waals surface area contributed by atoms with Crippen LogP contribution in [0.5, 0.6) is 0 Å². The average molecular weight is 448 g/mol. The van der Waals surface area contributed by atoms with Crippen molar-refractivity contribution in [1.82, 2.24) is 24.2 Å². The molecule has 4 aromatic rings. The SMILES string of the molecule is CCc1ccc(CN(C)Cc2c(C(=O)N(C)CCc3ccccc3)nc3sccn23)nc1. The number of aryl methyl sites for hydroxylation is 1. The van der Waals surface area contributed by atoms with Crippen molar-refractivity contribution in [1.29, 1.82) is 0 Å². The predicted octanol–water partition coefficient (Wildman–Crippen LogP) is 4.30. The molecule has 4 rings (SSSR count). The Hall–Kier alpha value is -3.03. The van der Waals surface area contributed by atoms with Crippen molar-refractivity contribution in [2.24, 2.45) is 0 Å². The second kappa shape index (κ2) is 10.1. The first-order valence-electron chi connectivity index (χ1n) is 10.9. The Labute approximate surface area is 193 Å². The lowest BCUT2D eigenvalue weighted by Crippen LogP contribution is -2.31. The van der Waals surface area contributed by atoms with Crippen molar-refractivity contribution in [3.63, 3.8) is 0 Å². The second-order valence-corrected chi connectivity index (χ2v) is 8.98. The summed E-state index contributed by atoms with van der Waals surface area (Å²) < 4.78 is 2.03. The molecule has 3 aromatic heterocycles. The zero-order valence-electron chi connectivity index (χ0n) is 18.9. The Morgan fingerprint density at radius 1 is 1.06 bits per heavy atom. The van der Waals surface area contributed by atoms with Crippen LogP contribution in [0.25, 0.3) is 4.96 Å². The average Bonchev–Trinajstić information content (AvgIpc) is 3.41. The van der Waals surface area contributed by atoms with Crippen molar-refractivity contribution in [3.05, 3.63) is 88.4 Å². The number of hydrogen-bond acceptors (Lipinski definition) is 5. The number of imidazole rings is 1. The highest BCUT2D eigenvalue weighted by Crippen LogP contribution is 2.21. The van der Waals surface area contributed by atoms with Gasteiger partial charge in [0.1, 0.15) is 0 Å². The molecule has 0 bridgehead atoms. The molecular weight excluding hydrogens is 418 g/mol. The van der Waals surface area contributed by atoms with Gasteiger partial charge in [-0.1, -0.05) is 43.3 Å². The van der Waals surface area contributed by atoms with Crippen LogP contribution in [0.1, 0.15) is 39.9 Å². The third kappa shape index (κ3) is 5.06. The second-order valence-electron chi connectivity index (χ2n) is 8.11. The van der Waals surface area contributed by atoms with E-state index in [2.05, 4.69) is 53.1 Å². The first-order chi connectivity index (χ1) is 15.5. The Balaban J connectivity index is 1.48. The summed E-state index contributed by atoms with van der Waals surface area (Å²) in [5.74, 6) is -0.0364. The van der Waals surface area contributed by atoms with Gasteiger partial charge in [0.2, 0.25) is 0 Å². The molecule has 0 radical (unpaired) electrons. The highest BCUT2D eigenvalue weighted by atomic mass is 32.1. The Morgan fingerprint density at radius 2 is 1.88 bits per heavy atom. The number of amides is 1. The third-order valence-electron chi connectivity index (χ3n) is 5.63. The summed E-state index contributed by atoms with van der Waals surface area (Å²) in [5, 5.41) is 2.00. The van der Waals surface area contributed by atoms with E-state index in [0.29, 0.717) is 25.3 Å². The number of carbonyl (C=O) groups is 1. The Bertz CT molecular complexity index is 1170. The van der Waals surface area contributed by atoms with Gasteiger partial charge in [-0.15, -0.1) is 11.3 Å². The molecule has 0 saturated carbocycles. The van der Waals surface area contributed by atoms with Gasteiger partial charge in [0.05, 0.1) is 11.4 Å². The number of carbonyl (C=O) groups excluding carboxylic acids is 1. The first kappa shape index (κ1) is 22.2. The lowest BCUT2D eigenvalue weighted by Gasteiger charge is -2.19. The van der Waals surface area contributed by atoms with Crippen LogP contribution in [0.15, 0.2) is 60.2 Å². The summed E-state index contributed by atoms with van der Waals surface area (Å²) in [6.07, 6.45) is 5.74. The minimum absolute atomic E-state index is 0.0364. The lowest BCUT2D eigenvalue weighted by atomic mass is 10.1. The minimum Gasteiger partial charge on any atom is -0.340 e. The van der Waals surface area contributed by atoms with Gasteiger partial charge in [-0.2, -0.15) is 0 Å². The summed E-state index contributed by atoms with van der Waals surface area (Å²) in [6, 6.07) is 14.4.